The molecule has 1 aromatic heterocycles. The summed E-state index contributed by atoms with van der Waals surface area (Å²) in [5.74, 6) is 0.756. The number of carbonyl (C=O) groups is 1. The SMILES string of the molecule is CC(=O)OCCn1c([C@H]2CCC[C@@H](N)C2)nc2cc([N+](=O)[O-])ccc21. The van der Waals surface area contributed by atoms with Crippen LogP contribution in [0.2, 0.25) is 0 Å². The number of nitro groups is 1. The zero-order valence-corrected chi connectivity index (χ0v) is 14.2. The molecule has 1 aromatic carbocycles. The maximum atomic E-state index is 11.0. The van der Waals surface area contributed by atoms with Gasteiger partial charge in [-0.3, -0.25) is 14.9 Å². The number of nitrogens with zero attached hydrogens (tertiary/aromatic N) is 3. The van der Waals surface area contributed by atoms with Crippen LogP contribution in [0.15, 0.2) is 18.2 Å². The summed E-state index contributed by atoms with van der Waals surface area (Å²) in [7, 11) is 0. The zero-order chi connectivity index (χ0) is 18.0. The smallest absolute Gasteiger partial charge is 0.302 e. The molecule has 1 saturated carbocycles. The number of hydrogen-bond acceptors (Lipinski definition) is 6. The van der Waals surface area contributed by atoms with Crippen LogP contribution < -0.4 is 5.73 Å². The van der Waals surface area contributed by atoms with Crippen LogP contribution in [0.4, 0.5) is 5.69 Å². The predicted molar refractivity (Wildman–Crippen MR) is 92.2 cm³/mol. The third-order valence-corrected chi connectivity index (χ3v) is 4.67. The number of esters is 1. The van der Waals surface area contributed by atoms with E-state index in [1.165, 1.54) is 19.1 Å². The van der Waals surface area contributed by atoms with Crippen LogP contribution in [0.1, 0.15) is 44.3 Å². The Bertz CT molecular complexity index is 801. The van der Waals surface area contributed by atoms with Crippen LogP contribution in [-0.4, -0.2) is 33.1 Å². The largest absolute Gasteiger partial charge is 0.464 e. The van der Waals surface area contributed by atoms with Gasteiger partial charge in [-0.25, -0.2) is 4.98 Å². The second kappa shape index (κ2) is 7.18. The molecule has 0 bridgehead atoms. The summed E-state index contributed by atoms with van der Waals surface area (Å²) < 4.78 is 7.07. The number of nitro benzene ring substituents is 1. The molecule has 3 rings (SSSR count). The van der Waals surface area contributed by atoms with Gasteiger partial charge in [0.15, 0.2) is 0 Å². The molecule has 0 saturated heterocycles. The number of non-ortho nitro benzene ring substituents is 1. The molecule has 0 radical (unpaired) electrons. The number of carbonyl (C=O) groups excluding carboxylic acids is 1. The van der Waals surface area contributed by atoms with Gasteiger partial charge in [0.2, 0.25) is 0 Å². The summed E-state index contributed by atoms with van der Waals surface area (Å²) in [6, 6.07) is 4.82. The number of hydrogen-bond donors (Lipinski definition) is 1. The van der Waals surface area contributed by atoms with Crippen LogP contribution in [-0.2, 0) is 16.1 Å². The normalized spacial score (nSPS) is 20.6. The number of fused-ring (bicyclic) bond motifs is 1. The molecular weight excluding hydrogens is 324 g/mol. The van der Waals surface area contributed by atoms with Crippen molar-refractivity contribution in [2.45, 2.75) is 51.1 Å². The Morgan fingerprint density at radius 3 is 2.96 bits per heavy atom. The van der Waals surface area contributed by atoms with E-state index < -0.39 is 4.92 Å². The van der Waals surface area contributed by atoms with E-state index in [1.807, 2.05) is 4.57 Å². The fraction of sp³-hybridized carbons (Fsp3) is 0.529. The molecule has 0 aliphatic heterocycles. The highest BCUT2D eigenvalue weighted by Gasteiger charge is 2.26. The maximum absolute atomic E-state index is 11.0. The van der Waals surface area contributed by atoms with E-state index in [1.54, 1.807) is 6.07 Å². The Hall–Kier alpha value is -2.48. The molecule has 134 valence electrons. The summed E-state index contributed by atoms with van der Waals surface area (Å²) in [6.45, 7) is 2.08. The van der Waals surface area contributed by atoms with E-state index in [0.29, 0.717) is 12.1 Å². The molecule has 2 atom stereocenters. The summed E-state index contributed by atoms with van der Waals surface area (Å²) in [6.07, 6.45) is 3.89. The van der Waals surface area contributed by atoms with Crippen molar-refractivity contribution in [3.8, 4) is 0 Å². The minimum absolute atomic E-state index is 0.0176. The lowest BCUT2D eigenvalue weighted by Crippen LogP contribution is -2.28. The number of nitrogens with two attached hydrogens (primary N) is 1. The molecule has 8 heteroatoms. The Kier molecular flexibility index (Phi) is 4.98. The predicted octanol–water partition coefficient (Wildman–Crippen LogP) is 2.49. The van der Waals surface area contributed by atoms with Gasteiger partial charge >= 0.3 is 5.97 Å². The Labute approximate surface area is 145 Å². The van der Waals surface area contributed by atoms with Crippen molar-refractivity contribution in [3.63, 3.8) is 0 Å². The van der Waals surface area contributed by atoms with Crippen molar-refractivity contribution in [1.29, 1.82) is 0 Å². The lowest BCUT2D eigenvalue weighted by atomic mass is 9.85. The van der Waals surface area contributed by atoms with E-state index in [4.69, 9.17) is 10.5 Å². The monoisotopic (exact) mass is 346 g/mol. The van der Waals surface area contributed by atoms with Crippen LogP contribution in [0, 0.1) is 10.1 Å². The summed E-state index contributed by atoms with van der Waals surface area (Å²) >= 11 is 0. The lowest BCUT2D eigenvalue weighted by Gasteiger charge is -2.26. The second-order valence-electron chi connectivity index (χ2n) is 6.52. The molecule has 1 aliphatic carbocycles. The van der Waals surface area contributed by atoms with Crippen molar-refractivity contribution in [1.82, 2.24) is 9.55 Å². The molecule has 2 aromatic rings. The second-order valence-corrected chi connectivity index (χ2v) is 6.52. The van der Waals surface area contributed by atoms with Crippen molar-refractivity contribution in [2.75, 3.05) is 6.61 Å². The maximum Gasteiger partial charge on any atom is 0.302 e. The van der Waals surface area contributed by atoms with Gasteiger partial charge < -0.3 is 15.0 Å². The van der Waals surface area contributed by atoms with Crippen LogP contribution >= 0.6 is 0 Å². The van der Waals surface area contributed by atoms with Crippen LogP contribution in [0.5, 0.6) is 0 Å². The molecule has 8 nitrogen and oxygen atoms in total. The van der Waals surface area contributed by atoms with E-state index >= 15 is 0 Å². The van der Waals surface area contributed by atoms with E-state index in [-0.39, 0.29) is 30.2 Å². The number of rotatable bonds is 5. The van der Waals surface area contributed by atoms with Gasteiger partial charge in [-0.15, -0.1) is 0 Å². The first kappa shape index (κ1) is 17.3. The fourth-order valence-corrected chi connectivity index (χ4v) is 3.54. The number of aromatic nitrogens is 2. The number of imidazole rings is 1. The first-order chi connectivity index (χ1) is 12.0. The van der Waals surface area contributed by atoms with Crippen molar-refractivity contribution in [3.05, 3.63) is 34.1 Å². The highest BCUT2D eigenvalue weighted by atomic mass is 16.6. The Morgan fingerprint density at radius 1 is 1.48 bits per heavy atom. The molecule has 1 heterocycles. The quantitative estimate of drug-likeness (QED) is 0.505. The zero-order valence-electron chi connectivity index (χ0n) is 14.2. The molecule has 0 spiro atoms. The summed E-state index contributed by atoms with van der Waals surface area (Å²) in [5.41, 5.74) is 7.53. The van der Waals surface area contributed by atoms with E-state index in [9.17, 15) is 14.9 Å². The molecular formula is C17H22N4O4. The molecule has 0 amide bonds. The third kappa shape index (κ3) is 3.79. The average Bonchev–Trinajstić information content (AvgIpc) is 2.92. The molecule has 25 heavy (non-hydrogen) atoms. The molecule has 0 unspecified atom stereocenters. The first-order valence-corrected chi connectivity index (χ1v) is 8.49. The van der Waals surface area contributed by atoms with Crippen molar-refractivity contribution in [2.24, 2.45) is 5.73 Å². The van der Waals surface area contributed by atoms with Gasteiger partial charge in [-0.1, -0.05) is 6.42 Å². The van der Waals surface area contributed by atoms with Gasteiger partial charge in [0.25, 0.3) is 5.69 Å². The standard InChI is InChI=1S/C17H22N4O4/c1-11(22)25-8-7-20-16-6-5-14(21(23)24)10-15(16)19-17(20)12-3-2-4-13(18)9-12/h5-6,10,12-13H,2-4,7-9,18H2,1H3/t12-,13+/m0/s1. The average molecular weight is 346 g/mol. The topological polar surface area (TPSA) is 113 Å². The van der Waals surface area contributed by atoms with E-state index in [0.717, 1.165) is 37.0 Å². The highest BCUT2D eigenvalue weighted by molar-refractivity contribution is 5.79. The fourth-order valence-electron chi connectivity index (χ4n) is 3.54. The number of ether oxygens (including phenoxy) is 1. The molecule has 1 fully saturated rings. The first-order valence-electron chi connectivity index (χ1n) is 8.49. The molecule has 2 N–H and O–H groups in total. The van der Waals surface area contributed by atoms with E-state index in [2.05, 4.69) is 4.98 Å². The minimum Gasteiger partial charge on any atom is -0.464 e. The van der Waals surface area contributed by atoms with Gasteiger partial charge in [0, 0.05) is 31.0 Å². The van der Waals surface area contributed by atoms with Crippen molar-refractivity contribution < 1.29 is 14.5 Å². The van der Waals surface area contributed by atoms with Gasteiger partial charge in [0.05, 0.1) is 22.5 Å². The van der Waals surface area contributed by atoms with Gasteiger partial charge in [-0.05, 0) is 25.3 Å². The van der Waals surface area contributed by atoms with Crippen molar-refractivity contribution >= 4 is 22.7 Å². The lowest BCUT2D eigenvalue weighted by molar-refractivity contribution is -0.384. The van der Waals surface area contributed by atoms with Crippen LogP contribution in [0.25, 0.3) is 11.0 Å². The van der Waals surface area contributed by atoms with Gasteiger partial charge in [-0.2, -0.15) is 0 Å². The van der Waals surface area contributed by atoms with Gasteiger partial charge in [0.1, 0.15) is 12.4 Å². The third-order valence-electron chi connectivity index (χ3n) is 4.67. The summed E-state index contributed by atoms with van der Waals surface area (Å²) in [4.78, 5) is 26.3. The molecule has 1 aliphatic rings. The Morgan fingerprint density at radius 2 is 2.28 bits per heavy atom. The minimum atomic E-state index is -0.423. The number of benzene rings is 1. The Balaban J connectivity index is 1.99. The highest BCUT2D eigenvalue weighted by Crippen LogP contribution is 2.34. The summed E-state index contributed by atoms with van der Waals surface area (Å²) in [5, 5.41) is 11.0. The van der Waals surface area contributed by atoms with Crippen LogP contribution in [0.3, 0.4) is 0 Å².